The molecule has 1 aromatic heterocycles. The third kappa shape index (κ3) is 4.04. The van der Waals surface area contributed by atoms with Gasteiger partial charge in [-0.2, -0.15) is 10.4 Å². The Morgan fingerprint density at radius 3 is 2.46 bits per heavy atom. The van der Waals surface area contributed by atoms with Crippen LogP contribution in [0.1, 0.15) is 48.4 Å². The molecule has 2 N–H and O–H groups in total. The molecule has 26 heavy (non-hydrogen) atoms. The van der Waals surface area contributed by atoms with Crippen molar-refractivity contribution < 1.29 is 4.21 Å². The number of benzene rings is 1. The molecule has 0 bridgehead atoms. The van der Waals surface area contributed by atoms with E-state index in [-0.39, 0.29) is 6.04 Å². The highest BCUT2D eigenvalue weighted by molar-refractivity contribution is 7.80. The van der Waals surface area contributed by atoms with Gasteiger partial charge in [0.05, 0.1) is 5.69 Å². The molecular formula is C19H25N5OS. The number of aromatic nitrogens is 2. The summed E-state index contributed by atoms with van der Waals surface area (Å²) in [5.41, 5.74) is 4.48. The highest BCUT2D eigenvalue weighted by Crippen LogP contribution is 2.36. The van der Waals surface area contributed by atoms with Crippen molar-refractivity contribution in [2.45, 2.75) is 44.6 Å². The van der Waals surface area contributed by atoms with E-state index in [0.29, 0.717) is 11.5 Å². The van der Waals surface area contributed by atoms with Crippen molar-refractivity contribution in [2.24, 2.45) is 0 Å². The van der Waals surface area contributed by atoms with E-state index in [0.717, 1.165) is 42.6 Å². The lowest BCUT2D eigenvalue weighted by atomic mass is 9.83. The SMILES string of the molecule is Cc1ccc(-c2n[nH]c(C3CCC(NS(=O)N(C)C)CC3)c2C#N)cc1. The van der Waals surface area contributed by atoms with Crippen molar-refractivity contribution in [1.82, 2.24) is 19.2 Å². The molecule has 6 nitrogen and oxygen atoms in total. The average molecular weight is 372 g/mol. The van der Waals surface area contributed by atoms with Gasteiger partial charge in [0, 0.05) is 31.6 Å². The molecule has 1 aliphatic carbocycles. The van der Waals surface area contributed by atoms with Crippen LogP contribution < -0.4 is 4.72 Å². The number of nitrogens with one attached hydrogen (secondary N) is 2. The van der Waals surface area contributed by atoms with Crippen LogP contribution in [0.25, 0.3) is 11.3 Å². The highest BCUT2D eigenvalue weighted by Gasteiger charge is 2.28. The zero-order valence-electron chi connectivity index (χ0n) is 15.5. The summed E-state index contributed by atoms with van der Waals surface area (Å²) >= 11 is -1.14. The minimum Gasteiger partial charge on any atom is -0.280 e. The number of hydrogen-bond donors (Lipinski definition) is 2. The maximum Gasteiger partial charge on any atom is 0.169 e. The standard InChI is InChI=1S/C19H25N5OS/c1-13-4-6-14(7-5-13)18-17(12-20)19(22-21-18)15-8-10-16(11-9-15)23-26(25)24(2)3/h4-7,15-16,23H,8-11H2,1-3H3,(H,21,22). The first kappa shape index (κ1) is 18.8. The molecular weight excluding hydrogens is 346 g/mol. The minimum atomic E-state index is -1.14. The number of H-pyrrole nitrogens is 1. The fraction of sp³-hybridized carbons (Fsp3) is 0.474. The van der Waals surface area contributed by atoms with Crippen LogP contribution in [0.5, 0.6) is 0 Å². The Kier molecular flexibility index (Phi) is 5.87. The summed E-state index contributed by atoms with van der Waals surface area (Å²) < 4.78 is 16.7. The molecule has 0 amide bonds. The number of rotatable bonds is 5. The molecule has 0 spiro atoms. The maximum absolute atomic E-state index is 11.9. The molecule has 7 heteroatoms. The van der Waals surface area contributed by atoms with Gasteiger partial charge in [-0.3, -0.25) is 5.10 Å². The predicted octanol–water partition coefficient (Wildman–Crippen LogP) is 3.01. The lowest BCUT2D eigenvalue weighted by Gasteiger charge is -2.29. The van der Waals surface area contributed by atoms with E-state index in [4.69, 9.17) is 0 Å². The van der Waals surface area contributed by atoms with Gasteiger partial charge in [-0.05, 0) is 32.6 Å². The van der Waals surface area contributed by atoms with E-state index < -0.39 is 11.2 Å². The average Bonchev–Trinajstić information content (AvgIpc) is 3.06. The second kappa shape index (κ2) is 8.12. The van der Waals surface area contributed by atoms with Crippen molar-refractivity contribution in [3.63, 3.8) is 0 Å². The van der Waals surface area contributed by atoms with Gasteiger partial charge in [-0.1, -0.05) is 29.8 Å². The number of aryl methyl sites for hydroxylation is 1. The number of nitriles is 1. The van der Waals surface area contributed by atoms with Gasteiger partial charge in [0.1, 0.15) is 17.3 Å². The van der Waals surface area contributed by atoms with Gasteiger partial charge in [-0.15, -0.1) is 0 Å². The molecule has 1 unspecified atom stereocenters. The Labute approximate surface area is 157 Å². The van der Waals surface area contributed by atoms with E-state index in [1.165, 1.54) is 5.56 Å². The van der Waals surface area contributed by atoms with Crippen molar-refractivity contribution in [1.29, 1.82) is 5.26 Å². The Balaban J connectivity index is 1.72. The molecule has 0 saturated heterocycles. The monoisotopic (exact) mass is 371 g/mol. The third-order valence-electron chi connectivity index (χ3n) is 4.97. The molecule has 1 aromatic carbocycles. The fourth-order valence-corrected chi connectivity index (χ4v) is 4.16. The molecule has 0 aliphatic heterocycles. The Hall–Kier alpha value is -2.01. The van der Waals surface area contributed by atoms with Crippen LogP contribution in [0.3, 0.4) is 0 Å². The van der Waals surface area contributed by atoms with E-state index in [9.17, 15) is 9.47 Å². The normalized spacial score (nSPS) is 21.5. The molecule has 1 fully saturated rings. The molecule has 1 atom stereocenters. The molecule has 0 radical (unpaired) electrons. The van der Waals surface area contributed by atoms with Crippen molar-refractivity contribution in [3.8, 4) is 17.3 Å². The first-order chi connectivity index (χ1) is 12.5. The van der Waals surface area contributed by atoms with Gasteiger partial charge in [0.15, 0.2) is 11.2 Å². The van der Waals surface area contributed by atoms with Crippen LogP contribution >= 0.6 is 0 Å². The summed E-state index contributed by atoms with van der Waals surface area (Å²) in [4.78, 5) is 0. The van der Waals surface area contributed by atoms with Crippen LogP contribution in [0.4, 0.5) is 0 Å². The summed E-state index contributed by atoms with van der Waals surface area (Å²) in [5, 5.41) is 17.3. The molecule has 3 rings (SSSR count). The Bertz CT molecular complexity index is 813. The predicted molar refractivity (Wildman–Crippen MR) is 103 cm³/mol. The number of aromatic amines is 1. The summed E-state index contributed by atoms with van der Waals surface area (Å²) in [5.74, 6) is 0.294. The molecule has 1 heterocycles. The molecule has 2 aromatic rings. The number of nitrogens with zero attached hydrogens (tertiary/aromatic N) is 3. The van der Waals surface area contributed by atoms with Crippen LogP contribution in [-0.2, 0) is 11.2 Å². The van der Waals surface area contributed by atoms with Crippen LogP contribution in [0.2, 0.25) is 0 Å². The zero-order chi connectivity index (χ0) is 18.7. The Morgan fingerprint density at radius 2 is 1.88 bits per heavy atom. The van der Waals surface area contributed by atoms with E-state index >= 15 is 0 Å². The van der Waals surface area contributed by atoms with E-state index in [1.807, 2.05) is 31.2 Å². The van der Waals surface area contributed by atoms with Crippen LogP contribution in [-0.4, -0.2) is 38.8 Å². The summed E-state index contributed by atoms with van der Waals surface area (Å²) in [6.45, 7) is 2.04. The highest BCUT2D eigenvalue weighted by atomic mass is 32.2. The van der Waals surface area contributed by atoms with E-state index in [1.54, 1.807) is 18.4 Å². The van der Waals surface area contributed by atoms with Gasteiger partial charge >= 0.3 is 0 Å². The topological polar surface area (TPSA) is 84.8 Å². The second-order valence-corrected chi connectivity index (χ2v) is 8.53. The lowest BCUT2D eigenvalue weighted by Crippen LogP contribution is -2.39. The van der Waals surface area contributed by atoms with Gasteiger partial charge in [-0.25, -0.2) is 13.2 Å². The summed E-state index contributed by atoms with van der Waals surface area (Å²) in [6, 6.07) is 10.7. The molecule has 138 valence electrons. The van der Waals surface area contributed by atoms with Gasteiger partial charge in [0.25, 0.3) is 0 Å². The van der Waals surface area contributed by atoms with Crippen molar-refractivity contribution in [3.05, 3.63) is 41.1 Å². The maximum atomic E-state index is 11.9. The summed E-state index contributed by atoms with van der Waals surface area (Å²) in [7, 11) is 3.59. The van der Waals surface area contributed by atoms with E-state index in [2.05, 4.69) is 21.0 Å². The zero-order valence-corrected chi connectivity index (χ0v) is 16.3. The quantitative estimate of drug-likeness (QED) is 0.847. The van der Waals surface area contributed by atoms with Crippen LogP contribution in [0, 0.1) is 18.3 Å². The largest absolute Gasteiger partial charge is 0.280 e. The molecule has 1 saturated carbocycles. The van der Waals surface area contributed by atoms with Crippen molar-refractivity contribution in [2.75, 3.05) is 14.1 Å². The van der Waals surface area contributed by atoms with Crippen LogP contribution in [0.15, 0.2) is 24.3 Å². The Morgan fingerprint density at radius 1 is 1.23 bits per heavy atom. The third-order valence-corrected chi connectivity index (χ3v) is 6.16. The second-order valence-electron chi connectivity index (χ2n) is 7.07. The number of hydrogen-bond acceptors (Lipinski definition) is 3. The smallest absolute Gasteiger partial charge is 0.169 e. The summed E-state index contributed by atoms with van der Waals surface area (Å²) in [6.07, 6.45) is 3.78. The fourth-order valence-electron chi connectivity index (χ4n) is 3.43. The molecule has 1 aliphatic rings. The first-order valence-corrected chi connectivity index (χ1v) is 10.0. The van der Waals surface area contributed by atoms with Gasteiger partial charge in [0.2, 0.25) is 0 Å². The van der Waals surface area contributed by atoms with Gasteiger partial charge < -0.3 is 0 Å². The minimum absolute atomic E-state index is 0.250. The van der Waals surface area contributed by atoms with Crippen molar-refractivity contribution >= 4 is 11.2 Å². The first-order valence-electron chi connectivity index (χ1n) is 8.90. The lowest BCUT2D eigenvalue weighted by molar-refractivity contribution is 0.370.